The molecule has 0 fully saturated rings. The zero-order chi connectivity index (χ0) is 20.9. The standard InChI is InChI=1S/C24H46O4/c1-2-3-4-5-6-7-8-9-10-11-12-13-14-15-16-17-18-19-20-21-22(25)23(26)24(27)28/h25-26H,2-21H2,1H3,(H,27,28). The number of carboxylic acid groups (broad SMARTS) is 1. The zero-order valence-electron chi connectivity index (χ0n) is 18.4. The first-order valence-electron chi connectivity index (χ1n) is 11.9. The first-order chi connectivity index (χ1) is 13.6. The molecule has 0 aliphatic carbocycles. The number of carboxylic acids is 1. The second-order valence-electron chi connectivity index (χ2n) is 8.21. The zero-order valence-corrected chi connectivity index (χ0v) is 18.4. The van der Waals surface area contributed by atoms with E-state index in [0.717, 1.165) is 19.3 Å². The number of aliphatic hydroxyl groups is 2. The van der Waals surface area contributed by atoms with Gasteiger partial charge in [-0.3, -0.25) is 0 Å². The molecule has 0 aliphatic rings. The number of carbonyl (C=O) groups is 1. The van der Waals surface area contributed by atoms with Crippen molar-refractivity contribution in [1.29, 1.82) is 0 Å². The Morgan fingerprint density at radius 3 is 1.07 bits per heavy atom. The maximum absolute atomic E-state index is 10.5. The van der Waals surface area contributed by atoms with E-state index in [1.54, 1.807) is 0 Å². The van der Waals surface area contributed by atoms with Gasteiger partial charge in [0.05, 0.1) is 0 Å². The molecular formula is C24H46O4. The minimum Gasteiger partial charge on any atom is -0.508 e. The predicted molar refractivity (Wildman–Crippen MR) is 118 cm³/mol. The summed E-state index contributed by atoms with van der Waals surface area (Å²) in [5.41, 5.74) is 0. The Labute approximate surface area is 173 Å². The fraction of sp³-hybridized carbons (Fsp3) is 0.875. The molecule has 0 radical (unpaired) electrons. The summed E-state index contributed by atoms with van der Waals surface area (Å²) in [6.45, 7) is 2.27. The lowest BCUT2D eigenvalue weighted by atomic mass is 10.0. The summed E-state index contributed by atoms with van der Waals surface area (Å²) in [5.74, 6) is -2.78. The summed E-state index contributed by atoms with van der Waals surface area (Å²) in [4.78, 5) is 10.5. The van der Waals surface area contributed by atoms with Crippen molar-refractivity contribution in [2.24, 2.45) is 0 Å². The van der Waals surface area contributed by atoms with E-state index < -0.39 is 17.5 Å². The molecule has 4 nitrogen and oxygen atoms in total. The van der Waals surface area contributed by atoms with Crippen LogP contribution >= 0.6 is 0 Å². The van der Waals surface area contributed by atoms with E-state index in [2.05, 4.69) is 6.92 Å². The maximum Gasteiger partial charge on any atom is 0.374 e. The minimum atomic E-state index is -1.46. The fourth-order valence-electron chi connectivity index (χ4n) is 3.61. The lowest BCUT2D eigenvalue weighted by Gasteiger charge is -2.04. The molecule has 0 rings (SSSR count). The molecular weight excluding hydrogens is 352 g/mol. The number of hydrogen-bond acceptors (Lipinski definition) is 3. The topological polar surface area (TPSA) is 77.8 Å². The van der Waals surface area contributed by atoms with Gasteiger partial charge in [-0.05, 0) is 6.42 Å². The van der Waals surface area contributed by atoms with E-state index in [-0.39, 0.29) is 6.42 Å². The number of unbranched alkanes of at least 4 members (excludes halogenated alkanes) is 18. The maximum atomic E-state index is 10.5. The summed E-state index contributed by atoms with van der Waals surface area (Å²) < 4.78 is 0. The van der Waals surface area contributed by atoms with Gasteiger partial charge in [0.25, 0.3) is 0 Å². The molecule has 0 aromatic rings. The van der Waals surface area contributed by atoms with Crippen LogP contribution in [0.15, 0.2) is 11.5 Å². The van der Waals surface area contributed by atoms with E-state index in [9.17, 15) is 9.90 Å². The summed E-state index contributed by atoms with van der Waals surface area (Å²) in [6.07, 6.45) is 25.0. The normalized spacial score (nSPS) is 12.2. The third-order valence-electron chi connectivity index (χ3n) is 5.49. The van der Waals surface area contributed by atoms with E-state index in [1.165, 1.54) is 103 Å². The van der Waals surface area contributed by atoms with Crippen LogP contribution in [0.5, 0.6) is 0 Å². The molecule has 28 heavy (non-hydrogen) atoms. The first-order valence-corrected chi connectivity index (χ1v) is 11.9. The number of aliphatic carboxylic acids is 1. The highest BCUT2D eigenvalue weighted by Gasteiger charge is 2.10. The first kappa shape index (κ1) is 26.8. The average molecular weight is 399 g/mol. The second-order valence-corrected chi connectivity index (χ2v) is 8.21. The number of allylic oxidation sites excluding steroid dienone is 1. The lowest BCUT2D eigenvalue weighted by molar-refractivity contribution is -0.135. The van der Waals surface area contributed by atoms with Gasteiger partial charge in [0, 0.05) is 6.42 Å². The van der Waals surface area contributed by atoms with Crippen molar-refractivity contribution in [2.75, 3.05) is 0 Å². The van der Waals surface area contributed by atoms with E-state index in [0.29, 0.717) is 0 Å². The lowest BCUT2D eigenvalue weighted by Crippen LogP contribution is -2.03. The molecule has 0 atom stereocenters. The van der Waals surface area contributed by atoms with Crippen LogP contribution in [0, 0.1) is 0 Å². The molecule has 0 aliphatic heterocycles. The highest BCUT2D eigenvalue weighted by atomic mass is 16.4. The second kappa shape index (κ2) is 20.5. The molecule has 0 saturated carbocycles. The molecule has 0 aromatic heterocycles. The van der Waals surface area contributed by atoms with Crippen molar-refractivity contribution in [3.05, 3.63) is 11.5 Å². The molecule has 0 amide bonds. The van der Waals surface area contributed by atoms with Gasteiger partial charge in [-0.1, -0.05) is 122 Å². The summed E-state index contributed by atoms with van der Waals surface area (Å²) in [7, 11) is 0. The number of aliphatic hydroxyl groups excluding tert-OH is 2. The number of hydrogen-bond donors (Lipinski definition) is 3. The summed E-state index contributed by atoms with van der Waals surface area (Å²) >= 11 is 0. The predicted octanol–water partition coefficient (Wildman–Crippen LogP) is 8.22. The van der Waals surface area contributed by atoms with Gasteiger partial charge in [-0.15, -0.1) is 0 Å². The average Bonchev–Trinajstić information content (AvgIpc) is 2.68. The number of rotatable bonds is 21. The SMILES string of the molecule is CCCCCCCCCCCCCCCCCCCCCC(O)=C(O)C(=O)O. The molecule has 3 N–H and O–H groups in total. The monoisotopic (exact) mass is 398 g/mol. The molecule has 0 unspecified atom stereocenters. The van der Waals surface area contributed by atoms with Crippen LogP contribution in [0.1, 0.15) is 135 Å². The van der Waals surface area contributed by atoms with Crippen molar-refractivity contribution in [3.63, 3.8) is 0 Å². The molecule has 0 heterocycles. The third kappa shape index (κ3) is 18.2. The van der Waals surface area contributed by atoms with Crippen LogP contribution in [0.25, 0.3) is 0 Å². The Kier molecular flexibility index (Phi) is 19.7. The Balaban J connectivity index is 3.18. The fourth-order valence-corrected chi connectivity index (χ4v) is 3.61. The van der Waals surface area contributed by atoms with Crippen LogP contribution in [0.2, 0.25) is 0 Å². The van der Waals surface area contributed by atoms with E-state index in [1.807, 2.05) is 0 Å². The molecule has 0 aromatic carbocycles. The van der Waals surface area contributed by atoms with E-state index in [4.69, 9.17) is 10.2 Å². The Bertz CT molecular complexity index is 390. The largest absolute Gasteiger partial charge is 0.508 e. The highest BCUT2D eigenvalue weighted by Crippen LogP contribution is 2.15. The van der Waals surface area contributed by atoms with Gasteiger partial charge >= 0.3 is 5.97 Å². The minimum absolute atomic E-state index is 0.247. The van der Waals surface area contributed by atoms with Crippen molar-refractivity contribution in [1.82, 2.24) is 0 Å². The summed E-state index contributed by atoms with van der Waals surface area (Å²) in [5, 5.41) is 27.0. The summed E-state index contributed by atoms with van der Waals surface area (Å²) in [6, 6.07) is 0. The Hall–Kier alpha value is -1.19. The van der Waals surface area contributed by atoms with Gasteiger partial charge in [0.1, 0.15) is 5.76 Å². The Morgan fingerprint density at radius 1 is 0.500 bits per heavy atom. The molecule has 0 saturated heterocycles. The molecule has 4 heteroatoms. The molecule has 0 spiro atoms. The van der Waals surface area contributed by atoms with Gasteiger partial charge in [-0.25, -0.2) is 4.79 Å². The van der Waals surface area contributed by atoms with E-state index >= 15 is 0 Å². The van der Waals surface area contributed by atoms with Crippen molar-refractivity contribution in [3.8, 4) is 0 Å². The van der Waals surface area contributed by atoms with Crippen molar-refractivity contribution in [2.45, 2.75) is 135 Å². The molecule has 0 bridgehead atoms. The van der Waals surface area contributed by atoms with Gasteiger partial charge < -0.3 is 15.3 Å². The van der Waals surface area contributed by atoms with Crippen LogP contribution in [-0.4, -0.2) is 21.3 Å². The van der Waals surface area contributed by atoms with Crippen LogP contribution in [-0.2, 0) is 4.79 Å². The van der Waals surface area contributed by atoms with Gasteiger partial charge in [0.2, 0.25) is 5.76 Å². The van der Waals surface area contributed by atoms with Gasteiger partial charge in [0.15, 0.2) is 0 Å². The van der Waals surface area contributed by atoms with Crippen LogP contribution in [0.3, 0.4) is 0 Å². The smallest absolute Gasteiger partial charge is 0.374 e. The quantitative estimate of drug-likeness (QED) is 0.103. The van der Waals surface area contributed by atoms with Crippen molar-refractivity contribution >= 4 is 5.97 Å². The highest BCUT2D eigenvalue weighted by molar-refractivity contribution is 5.84. The molecule has 166 valence electrons. The van der Waals surface area contributed by atoms with Crippen LogP contribution < -0.4 is 0 Å². The third-order valence-corrected chi connectivity index (χ3v) is 5.49. The van der Waals surface area contributed by atoms with Gasteiger partial charge in [-0.2, -0.15) is 0 Å². The van der Waals surface area contributed by atoms with Crippen LogP contribution in [0.4, 0.5) is 0 Å². The Morgan fingerprint density at radius 2 is 0.786 bits per heavy atom. The van der Waals surface area contributed by atoms with Crippen molar-refractivity contribution < 1.29 is 20.1 Å².